The lowest BCUT2D eigenvalue weighted by molar-refractivity contribution is 0.590. The van der Waals surface area contributed by atoms with E-state index < -0.39 is 0 Å². The number of hydrogen-bond donors (Lipinski definition) is 0. The fourth-order valence-corrected chi connectivity index (χ4v) is 17.0. The highest BCUT2D eigenvalue weighted by Gasteiger charge is 2.51. The first-order valence-electron chi connectivity index (χ1n) is 31.9. The summed E-state index contributed by atoms with van der Waals surface area (Å²) < 4.78 is 5.64. The van der Waals surface area contributed by atoms with Crippen LogP contribution >= 0.6 is 0 Å². The molecule has 4 heterocycles. The molecule has 0 bridgehead atoms. The van der Waals surface area contributed by atoms with Crippen molar-refractivity contribution in [3.63, 3.8) is 0 Å². The number of fused-ring (bicyclic) bond motifs is 24. The second-order valence-electron chi connectivity index (χ2n) is 27.8. The van der Waals surface area contributed by atoms with Crippen LogP contribution in [0.2, 0.25) is 5.82 Å². The van der Waals surface area contributed by atoms with Gasteiger partial charge in [-0.2, -0.15) is 0 Å². The minimum Gasteiger partial charge on any atom is -0.334 e. The van der Waals surface area contributed by atoms with Crippen molar-refractivity contribution in [2.24, 2.45) is 0 Å². The molecule has 3 heteroatoms. The third-order valence-corrected chi connectivity index (χ3v) is 20.9. The molecule has 0 fully saturated rings. The lowest BCUT2D eigenvalue weighted by atomic mass is 9.29. The van der Waals surface area contributed by atoms with E-state index in [1.165, 1.54) is 181 Å². The molecule has 19 rings (SSSR count). The van der Waals surface area contributed by atoms with Gasteiger partial charge in [0.05, 0.1) is 11.6 Å². The van der Waals surface area contributed by atoms with Crippen LogP contribution in [0.25, 0.3) is 153 Å². The highest BCUT2D eigenvalue weighted by molar-refractivity contribution is 6.92. The maximum absolute atomic E-state index is 2.82. The molecule has 2 nitrogen and oxygen atoms in total. The molecule has 89 heavy (non-hydrogen) atoms. The molecule has 2 atom stereocenters. The van der Waals surface area contributed by atoms with Crippen molar-refractivity contribution >= 4 is 137 Å². The standard InChI is InChI=1S/C86H63BN2/c1-85(2,3)55-38-40-73-68(46-55)70-47-56(86(4,5)6)48-71-83(70)88(73)75-44-54(77-66(51-26-12-8-13-27-51)42-53(50-24-10-7-11-25-50)43-67(77)52-28-14-9-15-29-52)45-76-82(75)87(71)72-49-69-62-35-19-17-31-58(62)60-33-21-23-37-64(60)79(69)81-80-74(89(76)84(72)81)41-39-65-61-34-18-16-30-57(61)59-32-20-22-36-63(59)78(65)80/h7-49,75,82H,1-6H3. The largest absolute Gasteiger partial charge is 0.334 e. The summed E-state index contributed by atoms with van der Waals surface area (Å²) in [7, 11) is 0. The van der Waals surface area contributed by atoms with E-state index >= 15 is 0 Å². The smallest absolute Gasteiger partial charge is 0.226 e. The van der Waals surface area contributed by atoms with Gasteiger partial charge in [0.25, 0.3) is 0 Å². The summed E-state index contributed by atoms with van der Waals surface area (Å²) in [6.07, 6.45) is 5.40. The molecule has 3 aliphatic rings. The Balaban J connectivity index is 1.06. The van der Waals surface area contributed by atoms with Crippen LogP contribution in [0.1, 0.15) is 64.3 Å². The first-order chi connectivity index (χ1) is 43.5. The van der Waals surface area contributed by atoms with Gasteiger partial charge < -0.3 is 9.13 Å². The molecule has 16 aromatic rings. The number of nitrogens with zero attached hydrogens (tertiary/aromatic N) is 2. The van der Waals surface area contributed by atoms with Crippen molar-refractivity contribution in [1.82, 2.24) is 9.13 Å². The molecule has 2 aliphatic heterocycles. The van der Waals surface area contributed by atoms with E-state index in [4.69, 9.17) is 0 Å². The predicted octanol–water partition coefficient (Wildman–Crippen LogP) is 21.9. The Hall–Kier alpha value is -10.2. The molecule has 0 saturated heterocycles. The van der Waals surface area contributed by atoms with Crippen molar-refractivity contribution in [1.29, 1.82) is 0 Å². The molecule has 0 N–H and O–H groups in total. The predicted molar refractivity (Wildman–Crippen MR) is 384 cm³/mol. The summed E-state index contributed by atoms with van der Waals surface area (Å²) in [5.74, 6) is 0.00557. The van der Waals surface area contributed by atoms with Gasteiger partial charge in [-0.05, 0) is 174 Å². The molecule has 1 aliphatic carbocycles. The first kappa shape index (κ1) is 50.9. The van der Waals surface area contributed by atoms with Crippen molar-refractivity contribution < 1.29 is 0 Å². The van der Waals surface area contributed by atoms with Crippen LogP contribution in [-0.4, -0.2) is 15.8 Å². The third-order valence-electron chi connectivity index (χ3n) is 20.9. The molecule has 0 amide bonds. The zero-order valence-electron chi connectivity index (χ0n) is 51.0. The molecular formula is C86H63BN2. The summed E-state index contributed by atoms with van der Waals surface area (Å²) in [6, 6.07) is 95.5. The van der Waals surface area contributed by atoms with E-state index in [0.717, 1.165) is 0 Å². The minimum absolute atomic E-state index is 0.00557. The van der Waals surface area contributed by atoms with Gasteiger partial charge in [-0.15, -0.1) is 0 Å². The SMILES string of the molecule is CC(C)(C)c1ccc2c(c1)c1cc(C(C)(C)C)cc3c1n2C1C=C(c2c(-c4ccccc4)cc(-c4ccccc4)cc2-c2ccccc2)C=C2C1B3c1cc3c4ccccc4c4ccccc4c3c3c4c5c6ccccc6c6ccccc6c5ccc4n2c13. The van der Waals surface area contributed by atoms with E-state index in [1.54, 1.807) is 0 Å². The average molecular weight is 1140 g/mol. The van der Waals surface area contributed by atoms with E-state index in [2.05, 4.69) is 312 Å². The van der Waals surface area contributed by atoms with Crippen molar-refractivity contribution in [2.45, 2.75) is 64.2 Å². The Morgan fingerprint density at radius 1 is 0.337 bits per heavy atom. The maximum Gasteiger partial charge on any atom is 0.226 e. The monoisotopic (exact) mass is 1130 g/mol. The highest BCUT2D eigenvalue weighted by Crippen LogP contribution is 2.58. The topological polar surface area (TPSA) is 9.86 Å². The molecule has 0 saturated carbocycles. The number of hydrogen-bond acceptors (Lipinski definition) is 0. The van der Waals surface area contributed by atoms with Crippen LogP contribution < -0.4 is 10.9 Å². The number of benzene rings is 14. The summed E-state index contributed by atoms with van der Waals surface area (Å²) >= 11 is 0. The van der Waals surface area contributed by atoms with Gasteiger partial charge in [-0.3, -0.25) is 0 Å². The molecule has 14 aromatic carbocycles. The zero-order chi connectivity index (χ0) is 59.3. The summed E-state index contributed by atoms with van der Waals surface area (Å²) in [5.41, 5.74) is 21.7. The Kier molecular flexibility index (Phi) is 10.4. The highest BCUT2D eigenvalue weighted by atomic mass is 15.1. The number of aromatic nitrogens is 2. The normalized spacial score (nSPS) is 15.6. The average Bonchev–Trinajstić information content (AvgIpc) is 1.56. The summed E-state index contributed by atoms with van der Waals surface area (Å²) in [6.45, 7) is 14.3. The third kappa shape index (κ3) is 7.05. The quantitative estimate of drug-likeness (QED) is 0.123. The van der Waals surface area contributed by atoms with Crippen molar-refractivity contribution in [3.8, 4) is 33.4 Å². The second-order valence-corrected chi connectivity index (χ2v) is 27.8. The molecule has 2 unspecified atom stereocenters. The van der Waals surface area contributed by atoms with Gasteiger partial charge in [-0.25, -0.2) is 0 Å². The van der Waals surface area contributed by atoms with Crippen LogP contribution in [0, 0.1) is 0 Å². The summed E-state index contributed by atoms with van der Waals surface area (Å²) in [5, 5.41) is 20.9. The second kappa shape index (κ2) is 18.2. The van der Waals surface area contributed by atoms with E-state index in [-0.39, 0.29) is 29.4 Å². The van der Waals surface area contributed by atoms with Crippen LogP contribution in [0.3, 0.4) is 0 Å². The Labute approximate surface area is 518 Å². The van der Waals surface area contributed by atoms with E-state index in [1.807, 2.05) is 0 Å². The van der Waals surface area contributed by atoms with Gasteiger partial charge in [-0.1, -0.05) is 260 Å². The van der Waals surface area contributed by atoms with Crippen LogP contribution in [0.5, 0.6) is 0 Å². The molecular weight excluding hydrogens is 1070 g/mol. The Morgan fingerprint density at radius 2 is 0.798 bits per heavy atom. The van der Waals surface area contributed by atoms with Crippen LogP contribution in [-0.2, 0) is 10.8 Å². The maximum atomic E-state index is 2.82. The summed E-state index contributed by atoms with van der Waals surface area (Å²) in [4.78, 5) is 0. The number of rotatable bonds is 4. The van der Waals surface area contributed by atoms with Gasteiger partial charge in [0.2, 0.25) is 6.71 Å². The number of allylic oxidation sites excluding steroid dienone is 4. The lowest BCUT2D eigenvalue weighted by Crippen LogP contribution is -2.55. The first-order valence-corrected chi connectivity index (χ1v) is 31.9. The molecule has 2 aromatic heterocycles. The van der Waals surface area contributed by atoms with Gasteiger partial charge >= 0.3 is 0 Å². The minimum atomic E-state index is -0.121. The lowest BCUT2D eigenvalue weighted by Gasteiger charge is -2.45. The molecule has 420 valence electrons. The molecule has 0 spiro atoms. The molecule has 0 radical (unpaired) electrons. The Bertz CT molecular complexity index is 5770. The van der Waals surface area contributed by atoms with Crippen molar-refractivity contribution in [2.75, 3.05) is 0 Å². The fraction of sp³-hybridized carbons (Fsp3) is 0.116. The van der Waals surface area contributed by atoms with Gasteiger partial charge in [0.1, 0.15) is 0 Å². The van der Waals surface area contributed by atoms with E-state index in [9.17, 15) is 0 Å². The van der Waals surface area contributed by atoms with Crippen LogP contribution in [0.15, 0.2) is 261 Å². The van der Waals surface area contributed by atoms with Crippen LogP contribution in [0.4, 0.5) is 0 Å². The van der Waals surface area contributed by atoms with Gasteiger partial charge in [0, 0.05) is 60.4 Å². The fourth-order valence-electron chi connectivity index (χ4n) is 17.0. The van der Waals surface area contributed by atoms with Crippen molar-refractivity contribution in [3.05, 3.63) is 278 Å². The Morgan fingerprint density at radius 3 is 1.36 bits per heavy atom. The van der Waals surface area contributed by atoms with Gasteiger partial charge in [0.15, 0.2) is 0 Å². The van der Waals surface area contributed by atoms with E-state index in [0.29, 0.717) is 0 Å². The zero-order valence-corrected chi connectivity index (χ0v) is 51.0.